The van der Waals surface area contributed by atoms with Gasteiger partial charge >= 0.3 is 0 Å². The summed E-state index contributed by atoms with van der Waals surface area (Å²) in [6.45, 7) is 5.63. The Morgan fingerprint density at radius 2 is 2.10 bits per heavy atom. The molecule has 1 aliphatic heterocycles. The van der Waals surface area contributed by atoms with E-state index < -0.39 is 0 Å². The van der Waals surface area contributed by atoms with Gasteiger partial charge in [0.15, 0.2) is 5.82 Å². The molecular weight excluding hydrogens is 252 g/mol. The molecule has 0 radical (unpaired) electrons. The van der Waals surface area contributed by atoms with Crippen LogP contribution in [-0.2, 0) is 0 Å². The molecule has 0 amide bonds. The molecule has 1 aromatic heterocycles. The van der Waals surface area contributed by atoms with Crippen molar-refractivity contribution in [2.45, 2.75) is 13.3 Å². The molecule has 20 heavy (non-hydrogen) atoms. The lowest BCUT2D eigenvalue weighted by Crippen LogP contribution is -2.18. The van der Waals surface area contributed by atoms with E-state index in [9.17, 15) is 0 Å². The van der Waals surface area contributed by atoms with Crippen LogP contribution in [-0.4, -0.2) is 36.2 Å². The van der Waals surface area contributed by atoms with Crippen molar-refractivity contribution in [1.82, 2.24) is 15.3 Å². The molecule has 0 spiro atoms. The van der Waals surface area contributed by atoms with Crippen molar-refractivity contribution in [2.75, 3.05) is 31.6 Å². The van der Waals surface area contributed by atoms with E-state index in [0.717, 1.165) is 36.5 Å². The number of para-hydroxylation sites is 2. The van der Waals surface area contributed by atoms with Gasteiger partial charge in [-0.25, -0.2) is 9.97 Å². The van der Waals surface area contributed by atoms with Gasteiger partial charge in [-0.05, 0) is 44.5 Å². The quantitative estimate of drug-likeness (QED) is 0.872. The van der Waals surface area contributed by atoms with Gasteiger partial charge in [0.25, 0.3) is 5.88 Å². The van der Waals surface area contributed by atoms with Crippen LogP contribution in [0.5, 0.6) is 5.88 Å². The Morgan fingerprint density at radius 1 is 1.30 bits per heavy atom. The van der Waals surface area contributed by atoms with Crippen LogP contribution < -0.4 is 15.4 Å². The molecule has 1 aliphatic rings. The Labute approximate surface area is 118 Å². The minimum atomic E-state index is 0.590. The van der Waals surface area contributed by atoms with Crippen LogP contribution in [0.2, 0.25) is 0 Å². The highest BCUT2D eigenvalue weighted by Gasteiger charge is 2.16. The van der Waals surface area contributed by atoms with Crippen LogP contribution in [0.25, 0.3) is 11.0 Å². The van der Waals surface area contributed by atoms with Gasteiger partial charge in [0, 0.05) is 6.54 Å². The second-order valence-corrected chi connectivity index (χ2v) is 5.04. The number of nitrogens with zero attached hydrogens (tertiary/aromatic N) is 2. The molecule has 106 valence electrons. The standard InChI is InChI=1S/C15H20N4O/c1-2-20-15-14(17-10-11-7-8-16-9-11)18-12-5-3-4-6-13(12)19-15/h3-6,11,16H,2,7-10H2,1H3,(H,17,18). The molecule has 0 bridgehead atoms. The first kappa shape index (κ1) is 13.1. The predicted octanol–water partition coefficient (Wildman–Crippen LogP) is 2.05. The molecule has 1 aromatic carbocycles. The number of ether oxygens (including phenoxy) is 1. The molecule has 1 saturated heterocycles. The maximum absolute atomic E-state index is 5.61. The summed E-state index contributed by atoms with van der Waals surface area (Å²) in [6, 6.07) is 7.86. The van der Waals surface area contributed by atoms with Crippen LogP contribution in [0.1, 0.15) is 13.3 Å². The van der Waals surface area contributed by atoms with Crippen molar-refractivity contribution < 1.29 is 4.74 Å². The number of fused-ring (bicyclic) bond motifs is 1. The highest BCUT2D eigenvalue weighted by atomic mass is 16.5. The zero-order valence-corrected chi connectivity index (χ0v) is 11.7. The van der Waals surface area contributed by atoms with Gasteiger partial charge in [0.05, 0.1) is 17.6 Å². The molecule has 2 N–H and O–H groups in total. The molecule has 5 heteroatoms. The van der Waals surface area contributed by atoms with Crippen molar-refractivity contribution in [3.05, 3.63) is 24.3 Å². The minimum Gasteiger partial charge on any atom is -0.475 e. The molecule has 1 atom stereocenters. The van der Waals surface area contributed by atoms with E-state index in [1.165, 1.54) is 6.42 Å². The first-order valence-electron chi connectivity index (χ1n) is 7.21. The third-order valence-corrected chi connectivity index (χ3v) is 3.54. The zero-order valence-electron chi connectivity index (χ0n) is 11.7. The number of aromatic nitrogens is 2. The molecule has 0 saturated carbocycles. The SMILES string of the molecule is CCOc1nc2ccccc2nc1NCC1CCNC1. The van der Waals surface area contributed by atoms with E-state index in [2.05, 4.69) is 20.6 Å². The number of nitrogens with one attached hydrogen (secondary N) is 2. The second-order valence-electron chi connectivity index (χ2n) is 5.04. The van der Waals surface area contributed by atoms with Crippen LogP contribution in [0.3, 0.4) is 0 Å². The third-order valence-electron chi connectivity index (χ3n) is 3.54. The summed E-state index contributed by atoms with van der Waals surface area (Å²) >= 11 is 0. The summed E-state index contributed by atoms with van der Waals surface area (Å²) in [7, 11) is 0. The largest absolute Gasteiger partial charge is 0.475 e. The summed E-state index contributed by atoms with van der Waals surface area (Å²) in [6.07, 6.45) is 1.21. The highest BCUT2D eigenvalue weighted by molar-refractivity contribution is 5.77. The van der Waals surface area contributed by atoms with Gasteiger partial charge in [0.2, 0.25) is 0 Å². The fourth-order valence-electron chi connectivity index (χ4n) is 2.47. The number of rotatable bonds is 5. The first-order valence-corrected chi connectivity index (χ1v) is 7.21. The van der Waals surface area contributed by atoms with Crippen LogP contribution in [0.4, 0.5) is 5.82 Å². The Hall–Kier alpha value is -1.88. The topological polar surface area (TPSA) is 59.1 Å². The average molecular weight is 272 g/mol. The third kappa shape index (κ3) is 2.82. The van der Waals surface area contributed by atoms with E-state index in [0.29, 0.717) is 18.4 Å². The lowest BCUT2D eigenvalue weighted by molar-refractivity contribution is 0.328. The van der Waals surface area contributed by atoms with Crippen LogP contribution in [0.15, 0.2) is 24.3 Å². The first-order chi connectivity index (χ1) is 9.86. The number of benzene rings is 1. The molecule has 2 heterocycles. The lowest BCUT2D eigenvalue weighted by atomic mass is 10.1. The van der Waals surface area contributed by atoms with Crippen LogP contribution >= 0.6 is 0 Å². The van der Waals surface area contributed by atoms with E-state index in [4.69, 9.17) is 4.74 Å². The number of hydrogen-bond acceptors (Lipinski definition) is 5. The van der Waals surface area contributed by atoms with Gasteiger partial charge in [0.1, 0.15) is 0 Å². The van der Waals surface area contributed by atoms with Crippen molar-refractivity contribution >= 4 is 16.9 Å². The molecule has 3 rings (SSSR count). The van der Waals surface area contributed by atoms with Crippen molar-refractivity contribution in [1.29, 1.82) is 0 Å². The smallest absolute Gasteiger partial charge is 0.258 e. The number of hydrogen-bond donors (Lipinski definition) is 2. The van der Waals surface area contributed by atoms with Crippen molar-refractivity contribution in [2.24, 2.45) is 5.92 Å². The van der Waals surface area contributed by atoms with E-state index in [1.54, 1.807) is 0 Å². The lowest BCUT2D eigenvalue weighted by Gasteiger charge is -2.14. The number of anilines is 1. The predicted molar refractivity (Wildman–Crippen MR) is 80.2 cm³/mol. The summed E-state index contributed by atoms with van der Waals surface area (Å²) in [4.78, 5) is 9.18. The van der Waals surface area contributed by atoms with Gasteiger partial charge in [-0.2, -0.15) is 0 Å². The van der Waals surface area contributed by atoms with Crippen molar-refractivity contribution in [3.63, 3.8) is 0 Å². The molecular formula is C15H20N4O. The van der Waals surface area contributed by atoms with Crippen LogP contribution in [0, 0.1) is 5.92 Å². The molecule has 1 unspecified atom stereocenters. The Kier molecular flexibility index (Phi) is 3.97. The van der Waals surface area contributed by atoms with Gasteiger partial charge in [-0.15, -0.1) is 0 Å². The molecule has 2 aromatic rings. The monoisotopic (exact) mass is 272 g/mol. The van der Waals surface area contributed by atoms with E-state index in [-0.39, 0.29) is 0 Å². The maximum atomic E-state index is 5.61. The molecule has 1 fully saturated rings. The zero-order chi connectivity index (χ0) is 13.8. The molecule has 0 aliphatic carbocycles. The summed E-state index contributed by atoms with van der Waals surface area (Å²) in [5, 5.41) is 6.76. The van der Waals surface area contributed by atoms with Gasteiger partial charge < -0.3 is 15.4 Å². The van der Waals surface area contributed by atoms with E-state index >= 15 is 0 Å². The summed E-state index contributed by atoms with van der Waals surface area (Å²) in [5.41, 5.74) is 1.76. The Morgan fingerprint density at radius 3 is 2.80 bits per heavy atom. The Balaban J connectivity index is 1.84. The minimum absolute atomic E-state index is 0.590. The second kappa shape index (κ2) is 6.05. The fourth-order valence-corrected chi connectivity index (χ4v) is 2.47. The fraction of sp³-hybridized carbons (Fsp3) is 0.467. The van der Waals surface area contributed by atoms with Gasteiger partial charge in [-0.1, -0.05) is 12.1 Å². The van der Waals surface area contributed by atoms with E-state index in [1.807, 2.05) is 31.2 Å². The summed E-state index contributed by atoms with van der Waals surface area (Å²) < 4.78 is 5.61. The maximum Gasteiger partial charge on any atom is 0.258 e. The average Bonchev–Trinajstić information content (AvgIpc) is 2.98. The van der Waals surface area contributed by atoms with Gasteiger partial charge in [-0.3, -0.25) is 0 Å². The van der Waals surface area contributed by atoms with Crippen molar-refractivity contribution in [3.8, 4) is 5.88 Å². The highest BCUT2D eigenvalue weighted by Crippen LogP contribution is 2.24. The Bertz CT molecular complexity index is 581. The molecule has 5 nitrogen and oxygen atoms in total. The summed E-state index contributed by atoms with van der Waals surface area (Å²) in [5.74, 6) is 1.99. The normalized spacial score (nSPS) is 18.4.